The normalized spacial score (nSPS) is 17.3. The van der Waals surface area contributed by atoms with E-state index in [2.05, 4.69) is 25.1 Å². The first kappa shape index (κ1) is 18.0. The summed E-state index contributed by atoms with van der Waals surface area (Å²) in [5, 5.41) is 19.0. The maximum atomic E-state index is 13.3. The minimum atomic E-state index is -0.670. The van der Waals surface area contributed by atoms with Gasteiger partial charge in [-0.1, -0.05) is 49.6 Å². The average Bonchev–Trinajstić information content (AvgIpc) is 3.04. The van der Waals surface area contributed by atoms with Gasteiger partial charge in [-0.2, -0.15) is 0 Å². The Kier molecular flexibility index (Phi) is 5.48. The molecular weight excluding hydrogens is 290 g/mol. The lowest BCUT2D eigenvalue weighted by molar-refractivity contribution is -0.138. The lowest BCUT2D eigenvalue weighted by atomic mass is 9.76. The lowest BCUT2D eigenvalue weighted by Crippen LogP contribution is -2.49. The molecule has 23 heavy (non-hydrogen) atoms. The molecule has 1 fully saturated rings. The van der Waals surface area contributed by atoms with Crippen LogP contribution in [0.4, 0.5) is 0 Å². The fourth-order valence-electron chi connectivity index (χ4n) is 3.71. The van der Waals surface area contributed by atoms with E-state index < -0.39 is 10.8 Å². The third kappa shape index (κ3) is 3.59. The number of hydrogen-bond acceptors (Lipinski definition) is 3. The highest BCUT2D eigenvalue weighted by atomic mass is 16.3. The summed E-state index contributed by atoms with van der Waals surface area (Å²) in [5.74, 6) is 0.105. The first-order valence-electron chi connectivity index (χ1n) is 8.41. The Labute approximate surface area is 139 Å². The zero-order valence-electron chi connectivity index (χ0n) is 14.5. The summed E-state index contributed by atoms with van der Waals surface area (Å²) in [6, 6.07) is 8.24. The van der Waals surface area contributed by atoms with Crippen LogP contribution in [-0.2, 0) is 10.2 Å². The van der Waals surface area contributed by atoms with Gasteiger partial charge in [0.15, 0.2) is 0 Å². The lowest BCUT2D eigenvalue weighted by Gasteiger charge is -2.37. The monoisotopic (exact) mass is 319 g/mol. The first-order valence-corrected chi connectivity index (χ1v) is 8.41. The molecule has 1 aromatic rings. The molecule has 0 heterocycles. The SMILES string of the molecule is Cc1cccc(C2(C(=O)N(C)CC(C)(CO)CO)CCCC2)c1. The number of aliphatic hydroxyl groups is 2. The predicted octanol–water partition coefficient (Wildman–Crippen LogP) is 2.26. The molecule has 0 spiro atoms. The zero-order valence-corrected chi connectivity index (χ0v) is 14.5. The van der Waals surface area contributed by atoms with E-state index in [1.807, 2.05) is 6.07 Å². The highest BCUT2D eigenvalue weighted by molar-refractivity contribution is 5.88. The molecule has 1 saturated carbocycles. The quantitative estimate of drug-likeness (QED) is 0.845. The van der Waals surface area contributed by atoms with Crippen molar-refractivity contribution in [2.24, 2.45) is 5.41 Å². The van der Waals surface area contributed by atoms with Gasteiger partial charge in [-0.25, -0.2) is 0 Å². The number of carbonyl (C=O) groups is 1. The molecule has 0 aromatic heterocycles. The van der Waals surface area contributed by atoms with Crippen LogP contribution in [-0.4, -0.2) is 47.8 Å². The topological polar surface area (TPSA) is 60.8 Å². The van der Waals surface area contributed by atoms with Crippen molar-refractivity contribution in [1.82, 2.24) is 4.90 Å². The van der Waals surface area contributed by atoms with Crippen LogP contribution < -0.4 is 0 Å². The van der Waals surface area contributed by atoms with Crippen LogP contribution in [0.5, 0.6) is 0 Å². The van der Waals surface area contributed by atoms with Crippen LogP contribution in [0, 0.1) is 12.3 Å². The van der Waals surface area contributed by atoms with Crippen molar-refractivity contribution in [3.8, 4) is 0 Å². The maximum Gasteiger partial charge on any atom is 0.232 e. The van der Waals surface area contributed by atoms with E-state index in [-0.39, 0.29) is 19.1 Å². The van der Waals surface area contributed by atoms with Crippen molar-refractivity contribution in [3.63, 3.8) is 0 Å². The van der Waals surface area contributed by atoms with E-state index in [1.165, 1.54) is 5.56 Å². The zero-order chi connectivity index (χ0) is 17.1. The van der Waals surface area contributed by atoms with Gasteiger partial charge in [0.1, 0.15) is 0 Å². The molecular formula is C19H29NO3. The number of aliphatic hydroxyl groups excluding tert-OH is 2. The summed E-state index contributed by atoms with van der Waals surface area (Å²) in [4.78, 5) is 14.9. The summed E-state index contributed by atoms with van der Waals surface area (Å²) in [6.45, 7) is 3.92. The molecule has 0 aliphatic heterocycles. The van der Waals surface area contributed by atoms with Gasteiger partial charge in [-0.05, 0) is 25.3 Å². The van der Waals surface area contributed by atoms with E-state index in [1.54, 1.807) is 18.9 Å². The number of nitrogens with zero attached hydrogens (tertiary/aromatic N) is 1. The number of rotatable bonds is 6. The van der Waals surface area contributed by atoms with E-state index in [0.717, 1.165) is 31.2 Å². The molecule has 4 heteroatoms. The Morgan fingerprint density at radius 3 is 2.39 bits per heavy atom. The van der Waals surface area contributed by atoms with Crippen LogP contribution in [0.3, 0.4) is 0 Å². The van der Waals surface area contributed by atoms with Crippen molar-refractivity contribution >= 4 is 5.91 Å². The molecule has 1 amide bonds. The largest absolute Gasteiger partial charge is 0.396 e. The molecule has 0 unspecified atom stereocenters. The number of carbonyl (C=O) groups excluding carboxylic acids is 1. The molecule has 0 radical (unpaired) electrons. The molecule has 0 bridgehead atoms. The second-order valence-corrected chi connectivity index (χ2v) is 7.45. The van der Waals surface area contributed by atoms with Crippen molar-refractivity contribution in [1.29, 1.82) is 0 Å². The molecule has 0 saturated heterocycles. The van der Waals surface area contributed by atoms with Crippen molar-refractivity contribution in [2.75, 3.05) is 26.8 Å². The van der Waals surface area contributed by atoms with Gasteiger partial charge in [-0.3, -0.25) is 4.79 Å². The van der Waals surface area contributed by atoms with Gasteiger partial charge in [0.05, 0.1) is 18.6 Å². The van der Waals surface area contributed by atoms with Crippen LogP contribution >= 0.6 is 0 Å². The third-order valence-electron chi connectivity index (χ3n) is 5.17. The van der Waals surface area contributed by atoms with Gasteiger partial charge >= 0.3 is 0 Å². The van der Waals surface area contributed by atoms with Gasteiger partial charge in [0, 0.05) is 19.0 Å². The molecule has 4 nitrogen and oxygen atoms in total. The highest BCUT2D eigenvalue weighted by Crippen LogP contribution is 2.43. The van der Waals surface area contributed by atoms with Crippen LogP contribution in [0.2, 0.25) is 0 Å². The summed E-state index contributed by atoms with van der Waals surface area (Å²) >= 11 is 0. The van der Waals surface area contributed by atoms with Crippen LogP contribution in [0.25, 0.3) is 0 Å². The fourth-order valence-corrected chi connectivity index (χ4v) is 3.71. The average molecular weight is 319 g/mol. The fraction of sp³-hybridized carbons (Fsp3) is 0.632. The van der Waals surface area contributed by atoms with E-state index in [4.69, 9.17) is 0 Å². The second kappa shape index (κ2) is 7.02. The van der Waals surface area contributed by atoms with Gasteiger partial charge in [-0.15, -0.1) is 0 Å². The molecule has 2 rings (SSSR count). The summed E-state index contributed by atoms with van der Waals surface area (Å²) in [5.41, 5.74) is 1.14. The molecule has 0 atom stereocenters. The Bertz CT molecular complexity index is 545. The summed E-state index contributed by atoms with van der Waals surface area (Å²) in [6.07, 6.45) is 3.86. The van der Waals surface area contributed by atoms with E-state index in [9.17, 15) is 15.0 Å². The Balaban J connectivity index is 2.29. The Hall–Kier alpha value is -1.39. The number of amides is 1. The highest BCUT2D eigenvalue weighted by Gasteiger charge is 2.45. The minimum absolute atomic E-state index is 0.105. The van der Waals surface area contributed by atoms with Crippen molar-refractivity contribution in [2.45, 2.75) is 44.9 Å². The minimum Gasteiger partial charge on any atom is -0.396 e. The van der Waals surface area contributed by atoms with E-state index >= 15 is 0 Å². The number of likely N-dealkylation sites (N-methyl/N-ethyl adjacent to an activating group) is 1. The standard InChI is InChI=1S/C19H29NO3/c1-15-7-6-8-16(11-15)19(9-4-5-10-19)17(23)20(3)12-18(2,13-21)14-22/h6-8,11,21-22H,4-5,9-10,12-14H2,1-3H3. The van der Waals surface area contributed by atoms with Crippen molar-refractivity contribution < 1.29 is 15.0 Å². The number of hydrogen-bond donors (Lipinski definition) is 2. The molecule has 1 aliphatic rings. The van der Waals surface area contributed by atoms with Gasteiger partial charge in [0.2, 0.25) is 5.91 Å². The number of benzene rings is 1. The van der Waals surface area contributed by atoms with E-state index in [0.29, 0.717) is 6.54 Å². The second-order valence-electron chi connectivity index (χ2n) is 7.45. The molecule has 1 aromatic carbocycles. The predicted molar refractivity (Wildman–Crippen MR) is 91.2 cm³/mol. The van der Waals surface area contributed by atoms with Crippen LogP contribution in [0.1, 0.15) is 43.7 Å². The van der Waals surface area contributed by atoms with Gasteiger partial charge < -0.3 is 15.1 Å². The molecule has 128 valence electrons. The Morgan fingerprint density at radius 2 is 1.87 bits per heavy atom. The smallest absolute Gasteiger partial charge is 0.232 e. The Morgan fingerprint density at radius 1 is 1.26 bits per heavy atom. The summed E-state index contributed by atoms with van der Waals surface area (Å²) in [7, 11) is 1.78. The molecule has 1 aliphatic carbocycles. The van der Waals surface area contributed by atoms with Crippen molar-refractivity contribution in [3.05, 3.63) is 35.4 Å². The third-order valence-corrected chi connectivity index (χ3v) is 5.17. The first-order chi connectivity index (χ1) is 10.9. The maximum absolute atomic E-state index is 13.3. The molecule has 2 N–H and O–H groups in total. The summed E-state index contributed by atoms with van der Waals surface area (Å²) < 4.78 is 0. The van der Waals surface area contributed by atoms with Crippen LogP contribution in [0.15, 0.2) is 24.3 Å². The van der Waals surface area contributed by atoms with Gasteiger partial charge in [0.25, 0.3) is 0 Å². The number of aryl methyl sites for hydroxylation is 1.